The maximum Gasteiger partial charge on any atom is 0.358 e. The molecule has 1 aromatic rings. The van der Waals surface area contributed by atoms with E-state index in [0.717, 1.165) is 30.4 Å². The fraction of sp³-hybridized carbons (Fsp3) is 0.500. The lowest BCUT2D eigenvalue weighted by molar-refractivity contribution is 0.0590. The number of methoxy groups -OCH3 is 1. The fourth-order valence-electron chi connectivity index (χ4n) is 1.82. The van der Waals surface area contributed by atoms with Gasteiger partial charge in [-0.15, -0.1) is 5.10 Å². The van der Waals surface area contributed by atoms with Crippen LogP contribution in [-0.4, -0.2) is 23.3 Å². The molecule has 0 radical (unpaired) electrons. The van der Waals surface area contributed by atoms with Gasteiger partial charge in [-0.1, -0.05) is 0 Å². The van der Waals surface area contributed by atoms with Gasteiger partial charge in [-0.3, -0.25) is 0 Å². The van der Waals surface area contributed by atoms with Crippen LogP contribution in [0.15, 0.2) is 6.20 Å². The smallest absolute Gasteiger partial charge is 0.358 e. The molecule has 0 atom stereocenters. The molecular weight excluding hydrogens is 180 g/mol. The Morgan fingerprint density at radius 2 is 2.21 bits per heavy atom. The highest BCUT2D eigenvalue weighted by Crippen LogP contribution is 2.22. The second-order valence-electron chi connectivity index (χ2n) is 3.40. The monoisotopic (exact) mass is 192 g/mol. The van der Waals surface area contributed by atoms with Crippen LogP contribution < -0.4 is 0 Å². The number of aryl methyl sites for hydroxylation is 1. The number of carbonyl (C=O) groups excluding carboxylic acids is 1. The van der Waals surface area contributed by atoms with E-state index in [9.17, 15) is 4.79 Å². The van der Waals surface area contributed by atoms with E-state index in [2.05, 4.69) is 14.9 Å². The SMILES string of the molecule is COC(=O)c1nncc2c1CCCC2. The van der Waals surface area contributed by atoms with Gasteiger partial charge in [-0.25, -0.2) is 4.79 Å². The van der Waals surface area contributed by atoms with E-state index in [-0.39, 0.29) is 5.97 Å². The third-order valence-corrected chi connectivity index (χ3v) is 2.55. The molecule has 1 aliphatic carbocycles. The van der Waals surface area contributed by atoms with Crippen LogP contribution in [0.2, 0.25) is 0 Å². The van der Waals surface area contributed by atoms with Crippen LogP contribution >= 0.6 is 0 Å². The summed E-state index contributed by atoms with van der Waals surface area (Å²) in [4.78, 5) is 11.4. The van der Waals surface area contributed by atoms with Gasteiger partial charge in [0.15, 0.2) is 5.69 Å². The molecule has 0 fully saturated rings. The molecule has 0 bridgehead atoms. The van der Waals surface area contributed by atoms with E-state index in [0.29, 0.717) is 5.69 Å². The average Bonchev–Trinajstić information content (AvgIpc) is 2.27. The molecular formula is C10H12N2O2. The van der Waals surface area contributed by atoms with Crippen LogP contribution in [0.1, 0.15) is 34.5 Å². The number of nitrogens with zero attached hydrogens (tertiary/aromatic N) is 2. The Hall–Kier alpha value is -1.45. The number of rotatable bonds is 1. The molecule has 1 aromatic heterocycles. The second kappa shape index (κ2) is 3.74. The largest absolute Gasteiger partial charge is 0.464 e. The van der Waals surface area contributed by atoms with Crippen LogP contribution in [-0.2, 0) is 17.6 Å². The highest BCUT2D eigenvalue weighted by Gasteiger charge is 2.19. The Bertz CT molecular complexity index is 363. The molecule has 0 saturated heterocycles. The van der Waals surface area contributed by atoms with Crippen molar-refractivity contribution in [1.29, 1.82) is 0 Å². The van der Waals surface area contributed by atoms with E-state index in [1.54, 1.807) is 6.20 Å². The number of hydrogen-bond acceptors (Lipinski definition) is 4. The number of aromatic nitrogens is 2. The molecule has 0 aromatic carbocycles. The minimum Gasteiger partial charge on any atom is -0.464 e. The summed E-state index contributed by atoms with van der Waals surface area (Å²) < 4.78 is 4.66. The van der Waals surface area contributed by atoms with E-state index < -0.39 is 0 Å². The first-order valence-corrected chi connectivity index (χ1v) is 4.74. The highest BCUT2D eigenvalue weighted by molar-refractivity contribution is 5.89. The summed E-state index contributed by atoms with van der Waals surface area (Å²) in [6.45, 7) is 0. The maximum atomic E-state index is 11.4. The zero-order chi connectivity index (χ0) is 9.97. The van der Waals surface area contributed by atoms with Crippen LogP contribution in [0.5, 0.6) is 0 Å². The first-order valence-electron chi connectivity index (χ1n) is 4.74. The van der Waals surface area contributed by atoms with Gasteiger partial charge in [-0.2, -0.15) is 5.10 Å². The third kappa shape index (κ3) is 1.47. The molecule has 4 nitrogen and oxygen atoms in total. The number of ether oxygens (including phenoxy) is 1. The molecule has 0 amide bonds. The first-order chi connectivity index (χ1) is 6.83. The van der Waals surface area contributed by atoms with E-state index in [1.165, 1.54) is 13.5 Å². The molecule has 0 N–H and O–H groups in total. The number of hydrogen-bond donors (Lipinski definition) is 0. The highest BCUT2D eigenvalue weighted by atomic mass is 16.5. The van der Waals surface area contributed by atoms with Crippen molar-refractivity contribution in [2.24, 2.45) is 0 Å². The number of carbonyl (C=O) groups is 1. The quantitative estimate of drug-likeness (QED) is 0.626. The van der Waals surface area contributed by atoms with Crippen molar-refractivity contribution in [2.45, 2.75) is 25.7 Å². The lowest BCUT2D eigenvalue weighted by Crippen LogP contribution is -2.15. The first kappa shape index (κ1) is 9.12. The Morgan fingerprint density at radius 1 is 1.43 bits per heavy atom. The van der Waals surface area contributed by atoms with Crippen molar-refractivity contribution in [3.63, 3.8) is 0 Å². The third-order valence-electron chi connectivity index (χ3n) is 2.55. The van der Waals surface area contributed by atoms with E-state index >= 15 is 0 Å². The van der Waals surface area contributed by atoms with Crippen molar-refractivity contribution in [2.75, 3.05) is 7.11 Å². The molecule has 1 aliphatic rings. The minimum absolute atomic E-state index is 0.378. The van der Waals surface area contributed by atoms with Gasteiger partial charge < -0.3 is 4.74 Å². The van der Waals surface area contributed by atoms with Gasteiger partial charge in [0.1, 0.15) is 0 Å². The van der Waals surface area contributed by atoms with E-state index in [4.69, 9.17) is 0 Å². The molecule has 14 heavy (non-hydrogen) atoms. The lowest BCUT2D eigenvalue weighted by Gasteiger charge is -2.15. The number of esters is 1. The topological polar surface area (TPSA) is 52.1 Å². The lowest BCUT2D eigenvalue weighted by atomic mass is 9.92. The Balaban J connectivity index is 2.45. The molecule has 1 heterocycles. The summed E-state index contributed by atoms with van der Waals surface area (Å²) in [7, 11) is 1.37. The van der Waals surface area contributed by atoms with Gasteiger partial charge in [0, 0.05) is 0 Å². The zero-order valence-electron chi connectivity index (χ0n) is 8.12. The molecule has 0 unspecified atom stereocenters. The minimum atomic E-state index is -0.378. The summed E-state index contributed by atoms with van der Waals surface area (Å²) in [5.74, 6) is -0.378. The molecule has 0 spiro atoms. The van der Waals surface area contributed by atoms with Gasteiger partial charge in [0.2, 0.25) is 0 Å². The number of fused-ring (bicyclic) bond motifs is 1. The van der Waals surface area contributed by atoms with Crippen LogP contribution in [0, 0.1) is 0 Å². The Kier molecular flexibility index (Phi) is 2.43. The van der Waals surface area contributed by atoms with Gasteiger partial charge >= 0.3 is 5.97 Å². The Labute approximate surface area is 82.3 Å². The van der Waals surface area contributed by atoms with Gasteiger partial charge in [0.25, 0.3) is 0 Å². The zero-order valence-corrected chi connectivity index (χ0v) is 8.12. The summed E-state index contributed by atoms with van der Waals surface area (Å²) in [5, 5.41) is 7.65. The molecule has 0 saturated carbocycles. The average molecular weight is 192 g/mol. The predicted molar refractivity (Wildman–Crippen MR) is 50.0 cm³/mol. The van der Waals surface area contributed by atoms with Crippen molar-refractivity contribution >= 4 is 5.97 Å². The van der Waals surface area contributed by atoms with Crippen LogP contribution in [0.4, 0.5) is 0 Å². The summed E-state index contributed by atoms with van der Waals surface area (Å²) in [6, 6.07) is 0. The fourth-order valence-corrected chi connectivity index (χ4v) is 1.82. The maximum absolute atomic E-state index is 11.4. The van der Waals surface area contributed by atoms with E-state index in [1.807, 2.05) is 0 Å². The second-order valence-corrected chi connectivity index (χ2v) is 3.40. The summed E-state index contributed by atoms with van der Waals surface area (Å²) in [5.41, 5.74) is 2.56. The summed E-state index contributed by atoms with van der Waals surface area (Å²) in [6.07, 6.45) is 5.94. The standard InChI is InChI=1S/C10H12N2O2/c1-14-10(13)9-8-5-3-2-4-7(8)6-11-12-9/h6H,2-5H2,1H3. The van der Waals surface area contributed by atoms with Crippen molar-refractivity contribution in [1.82, 2.24) is 10.2 Å². The molecule has 4 heteroatoms. The normalized spacial score (nSPS) is 14.6. The Morgan fingerprint density at radius 3 is 3.00 bits per heavy atom. The van der Waals surface area contributed by atoms with Crippen molar-refractivity contribution < 1.29 is 9.53 Å². The van der Waals surface area contributed by atoms with Crippen molar-refractivity contribution in [3.05, 3.63) is 23.0 Å². The molecule has 0 aliphatic heterocycles. The molecule has 2 rings (SSSR count). The van der Waals surface area contributed by atoms with Crippen LogP contribution in [0.25, 0.3) is 0 Å². The predicted octanol–water partition coefficient (Wildman–Crippen LogP) is 1.14. The van der Waals surface area contributed by atoms with Gasteiger partial charge in [-0.05, 0) is 36.8 Å². The van der Waals surface area contributed by atoms with Crippen molar-refractivity contribution in [3.8, 4) is 0 Å². The summed E-state index contributed by atoms with van der Waals surface area (Å²) >= 11 is 0. The van der Waals surface area contributed by atoms with Gasteiger partial charge in [0.05, 0.1) is 13.3 Å². The van der Waals surface area contributed by atoms with Crippen LogP contribution in [0.3, 0.4) is 0 Å². The molecule has 74 valence electrons.